The lowest BCUT2D eigenvalue weighted by molar-refractivity contribution is 0.0764. The minimum Gasteiger partial charge on any atom is -0.497 e. The molecule has 9 nitrogen and oxygen atoms in total. The third-order valence-electron chi connectivity index (χ3n) is 4.71. The summed E-state index contributed by atoms with van der Waals surface area (Å²) in [6.45, 7) is 1.03. The quantitative estimate of drug-likeness (QED) is 0.682. The van der Waals surface area contributed by atoms with E-state index >= 15 is 0 Å². The Morgan fingerprint density at radius 1 is 1.14 bits per heavy atom. The molecule has 0 spiro atoms. The number of benzene rings is 1. The zero-order chi connectivity index (χ0) is 20.2. The van der Waals surface area contributed by atoms with Crippen LogP contribution in [0.1, 0.15) is 16.9 Å². The minimum absolute atomic E-state index is 0.121. The summed E-state index contributed by atoms with van der Waals surface area (Å²) in [6, 6.07) is 9.28. The molecule has 0 saturated carbocycles. The highest BCUT2D eigenvalue weighted by Crippen LogP contribution is 2.26. The number of carbonyl (C=O) groups is 1. The second-order valence-electron chi connectivity index (χ2n) is 6.55. The van der Waals surface area contributed by atoms with Crippen LogP contribution in [0.25, 0.3) is 11.3 Å². The Morgan fingerprint density at radius 2 is 1.97 bits per heavy atom. The molecule has 3 heterocycles. The number of nitrogens with one attached hydrogen (secondary N) is 1. The third kappa shape index (κ3) is 3.98. The molecule has 0 aliphatic carbocycles. The fourth-order valence-corrected chi connectivity index (χ4v) is 3.23. The topological polar surface area (TPSA) is 102 Å². The molecule has 9 heteroatoms. The van der Waals surface area contributed by atoms with Gasteiger partial charge in [0, 0.05) is 30.9 Å². The van der Waals surface area contributed by atoms with Crippen molar-refractivity contribution < 1.29 is 19.0 Å². The number of likely N-dealkylation sites (tertiary alicyclic amines) is 1. The summed E-state index contributed by atoms with van der Waals surface area (Å²) >= 11 is 0. The van der Waals surface area contributed by atoms with E-state index < -0.39 is 0 Å². The number of hydrogen-bond acceptors (Lipinski definition) is 7. The van der Waals surface area contributed by atoms with Crippen LogP contribution in [0.15, 0.2) is 42.7 Å². The highest BCUT2D eigenvalue weighted by molar-refractivity contribution is 5.93. The van der Waals surface area contributed by atoms with Crippen LogP contribution in [0.5, 0.6) is 17.5 Å². The zero-order valence-electron chi connectivity index (χ0n) is 16.2. The molecule has 1 atom stereocenters. The average Bonchev–Trinajstić information content (AvgIpc) is 3.44. The van der Waals surface area contributed by atoms with E-state index in [0.29, 0.717) is 42.7 Å². The number of methoxy groups -OCH3 is 2. The standard InChI is InChI=1S/C20H21N5O4/c1-27-14-5-3-4-13(10-14)16-11-17(24-23-16)20(26)25-9-6-15(12-25)29-19-18(28-2)21-7-8-22-19/h3-5,7-8,10-11,15H,6,9,12H2,1-2H3,(H,23,24). The second kappa shape index (κ2) is 8.17. The Balaban J connectivity index is 1.42. The number of nitrogens with zero attached hydrogens (tertiary/aromatic N) is 4. The maximum atomic E-state index is 12.9. The molecular formula is C20H21N5O4. The van der Waals surface area contributed by atoms with Gasteiger partial charge >= 0.3 is 0 Å². The van der Waals surface area contributed by atoms with Crippen LogP contribution in [0.4, 0.5) is 0 Å². The Labute approximate surface area is 167 Å². The van der Waals surface area contributed by atoms with Crippen molar-refractivity contribution >= 4 is 5.91 Å². The van der Waals surface area contributed by atoms with Crippen LogP contribution in [-0.2, 0) is 0 Å². The van der Waals surface area contributed by atoms with Crippen molar-refractivity contribution in [2.24, 2.45) is 0 Å². The first kappa shape index (κ1) is 18.7. The largest absolute Gasteiger partial charge is 0.497 e. The van der Waals surface area contributed by atoms with E-state index in [0.717, 1.165) is 11.3 Å². The molecule has 1 N–H and O–H groups in total. The van der Waals surface area contributed by atoms with Gasteiger partial charge in [-0.2, -0.15) is 5.10 Å². The Bertz CT molecular complexity index is 1010. The van der Waals surface area contributed by atoms with E-state index in [4.69, 9.17) is 14.2 Å². The number of aromatic amines is 1. The lowest BCUT2D eigenvalue weighted by Gasteiger charge is -2.16. The monoisotopic (exact) mass is 395 g/mol. The lowest BCUT2D eigenvalue weighted by Crippen LogP contribution is -2.31. The van der Waals surface area contributed by atoms with Crippen LogP contribution in [0.3, 0.4) is 0 Å². The highest BCUT2D eigenvalue weighted by atomic mass is 16.5. The average molecular weight is 395 g/mol. The van der Waals surface area contributed by atoms with Gasteiger partial charge in [-0.3, -0.25) is 9.89 Å². The van der Waals surface area contributed by atoms with E-state index in [2.05, 4.69) is 20.2 Å². The lowest BCUT2D eigenvalue weighted by atomic mass is 10.1. The molecule has 4 rings (SSSR count). The Kier molecular flexibility index (Phi) is 5.28. The number of amides is 1. The fraction of sp³-hybridized carbons (Fsp3) is 0.300. The van der Waals surface area contributed by atoms with Gasteiger partial charge in [0.2, 0.25) is 0 Å². The van der Waals surface area contributed by atoms with Gasteiger partial charge < -0.3 is 19.1 Å². The zero-order valence-corrected chi connectivity index (χ0v) is 16.2. The van der Waals surface area contributed by atoms with Crippen LogP contribution in [0, 0.1) is 0 Å². The number of rotatable bonds is 6. The van der Waals surface area contributed by atoms with Crippen LogP contribution >= 0.6 is 0 Å². The van der Waals surface area contributed by atoms with Gasteiger partial charge in [0.25, 0.3) is 17.7 Å². The van der Waals surface area contributed by atoms with Crippen LogP contribution in [-0.4, -0.2) is 64.4 Å². The summed E-state index contributed by atoms with van der Waals surface area (Å²) in [7, 11) is 3.13. The summed E-state index contributed by atoms with van der Waals surface area (Å²) < 4.78 is 16.3. The fourth-order valence-electron chi connectivity index (χ4n) is 3.23. The Morgan fingerprint density at radius 3 is 2.76 bits per heavy atom. The summed E-state index contributed by atoms with van der Waals surface area (Å²) in [5, 5.41) is 7.11. The molecule has 0 radical (unpaired) electrons. The molecule has 1 amide bonds. The smallest absolute Gasteiger partial charge is 0.278 e. The molecule has 1 fully saturated rings. The first-order chi connectivity index (χ1) is 14.2. The normalized spacial score (nSPS) is 15.9. The Hall–Kier alpha value is -3.62. The molecule has 1 unspecified atom stereocenters. The van der Waals surface area contributed by atoms with E-state index in [-0.39, 0.29) is 12.0 Å². The van der Waals surface area contributed by atoms with Gasteiger partial charge in [0.05, 0.1) is 26.5 Å². The number of aromatic nitrogens is 4. The van der Waals surface area contributed by atoms with Crippen LogP contribution < -0.4 is 14.2 Å². The van der Waals surface area contributed by atoms with E-state index in [1.807, 2.05) is 24.3 Å². The van der Waals surface area contributed by atoms with E-state index in [1.54, 1.807) is 24.3 Å². The van der Waals surface area contributed by atoms with Gasteiger partial charge in [-0.05, 0) is 18.2 Å². The van der Waals surface area contributed by atoms with Crippen molar-refractivity contribution in [3.8, 4) is 28.8 Å². The summed E-state index contributed by atoms with van der Waals surface area (Å²) in [5.74, 6) is 1.27. The van der Waals surface area contributed by atoms with E-state index in [9.17, 15) is 4.79 Å². The summed E-state index contributed by atoms with van der Waals surface area (Å²) in [4.78, 5) is 22.8. The van der Waals surface area contributed by atoms with Gasteiger partial charge in [-0.15, -0.1) is 0 Å². The first-order valence-electron chi connectivity index (χ1n) is 9.18. The van der Waals surface area contributed by atoms with Gasteiger partial charge in [0.1, 0.15) is 17.5 Å². The predicted octanol–water partition coefficient (Wildman–Crippen LogP) is 2.18. The van der Waals surface area contributed by atoms with Crippen molar-refractivity contribution in [2.45, 2.75) is 12.5 Å². The maximum absolute atomic E-state index is 12.9. The number of carbonyl (C=O) groups excluding carboxylic acids is 1. The SMILES string of the molecule is COc1cccc(-c2cc(C(=O)N3CCC(Oc4nccnc4OC)C3)[nH]n2)c1. The summed E-state index contributed by atoms with van der Waals surface area (Å²) in [5.41, 5.74) is 1.99. The van der Waals surface area contributed by atoms with Crippen molar-refractivity contribution in [3.05, 3.63) is 48.4 Å². The first-order valence-corrected chi connectivity index (χ1v) is 9.18. The molecule has 1 aliphatic rings. The molecule has 0 bridgehead atoms. The van der Waals surface area contributed by atoms with Gasteiger partial charge in [-0.1, -0.05) is 12.1 Å². The number of ether oxygens (including phenoxy) is 3. The maximum Gasteiger partial charge on any atom is 0.278 e. The minimum atomic E-state index is -0.176. The number of H-pyrrole nitrogens is 1. The third-order valence-corrected chi connectivity index (χ3v) is 4.71. The molecular weight excluding hydrogens is 374 g/mol. The number of hydrogen-bond donors (Lipinski definition) is 1. The summed E-state index contributed by atoms with van der Waals surface area (Å²) in [6.07, 6.45) is 3.60. The molecule has 2 aromatic heterocycles. The van der Waals surface area contributed by atoms with Gasteiger partial charge in [0.15, 0.2) is 0 Å². The molecule has 1 saturated heterocycles. The molecule has 1 aromatic carbocycles. The molecule has 150 valence electrons. The van der Waals surface area contributed by atoms with Crippen molar-refractivity contribution in [1.82, 2.24) is 25.1 Å². The van der Waals surface area contributed by atoms with Crippen LogP contribution in [0.2, 0.25) is 0 Å². The molecule has 1 aliphatic heterocycles. The van der Waals surface area contributed by atoms with Gasteiger partial charge in [-0.25, -0.2) is 9.97 Å². The highest BCUT2D eigenvalue weighted by Gasteiger charge is 2.30. The van der Waals surface area contributed by atoms with Crippen molar-refractivity contribution in [3.63, 3.8) is 0 Å². The van der Waals surface area contributed by atoms with E-state index in [1.165, 1.54) is 13.3 Å². The van der Waals surface area contributed by atoms with Crippen molar-refractivity contribution in [1.29, 1.82) is 0 Å². The van der Waals surface area contributed by atoms with Crippen molar-refractivity contribution in [2.75, 3.05) is 27.3 Å². The molecule has 29 heavy (non-hydrogen) atoms. The second-order valence-corrected chi connectivity index (χ2v) is 6.55. The molecule has 3 aromatic rings. The predicted molar refractivity (Wildman–Crippen MR) is 104 cm³/mol.